The summed E-state index contributed by atoms with van der Waals surface area (Å²) in [6.07, 6.45) is 2.35. The molecule has 0 fully saturated rings. The van der Waals surface area contributed by atoms with E-state index in [0.717, 1.165) is 30.6 Å². The van der Waals surface area contributed by atoms with Crippen molar-refractivity contribution in [2.24, 2.45) is 0 Å². The summed E-state index contributed by atoms with van der Waals surface area (Å²) < 4.78 is 10.5. The lowest BCUT2D eigenvalue weighted by atomic mass is 9.88. The molecular formula is C34H35NO4. The van der Waals surface area contributed by atoms with E-state index < -0.39 is 0 Å². The number of benzene rings is 4. The normalized spacial score (nSPS) is 10.7. The van der Waals surface area contributed by atoms with Crippen molar-refractivity contribution >= 4 is 11.9 Å². The third kappa shape index (κ3) is 8.05. The van der Waals surface area contributed by atoms with Crippen LogP contribution in [0.2, 0.25) is 0 Å². The fourth-order valence-corrected chi connectivity index (χ4v) is 4.82. The molecule has 0 aliphatic heterocycles. The summed E-state index contributed by atoms with van der Waals surface area (Å²) in [5.41, 5.74) is 4.19. The second-order valence-corrected chi connectivity index (χ2v) is 9.53. The first kappa shape index (κ1) is 27.6. The molecule has 0 heterocycles. The van der Waals surface area contributed by atoms with Gasteiger partial charge < -0.3 is 14.4 Å². The average molecular weight is 522 g/mol. The van der Waals surface area contributed by atoms with E-state index in [1.54, 1.807) is 13.2 Å². The zero-order chi connectivity index (χ0) is 27.5. The minimum Gasteiger partial charge on any atom is -0.497 e. The van der Waals surface area contributed by atoms with E-state index in [1.807, 2.05) is 59.5 Å². The van der Waals surface area contributed by atoms with Gasteiger partial charge in [0.2, 0.25) is 0 Å². The molecule has 4 aromatic carbocycles. The highest BCUT2D eigenvalue weighted by Crippen LogP contribution is 2.28. The highest BCUT2D eigenvalue weighted by molar-refractivity contribution is 5.94. The molecule has 0 saturated heterocycles. The second kappa shape index (κ2) is 14.0. The van der Waals surface area contributed by atoms with Gasteiger partial charge in [-0.2, -0.15) is 0 Å². The van der Waals surface area contributed by atoms with E-state index in [4.69, 9.17) is 9.47 Å². The van der Waals surface area contributed by atoms with Crippen LogP contribution in [0, 0.1) is 0 Å². The van der Waals surface area contributed by atoms with Crippen LogP contribution in [0.4, 0.5) is 0 Å². The van der Waals surface area contributed by atoms with E-state index in [0.29, 0.717) is 24.4 Å². The highest BCUT2D eigenvalue weighted by Gasteiger charge is 2.20. The lowest BCUT2D eigenvalue weighted by Crippen LogP contribution is -2.34. The molecule has 5 heteroatoms. The van der Waals surface area contributed by atoms with Crippen LogP contribution in [0.1, 0.15) is 52.7 Å². The summed E-state index contributed by atoms with van der Waals surface area (Å²) in [7, 11) is 1.62. The number of carbonyl (C=O) groups excluding carboxylic acids is 2. The van der Waals surface area contributed by atoms with E-state index >= 15 is 0 Å². The minimum atomic E-state index is -0.338. The fraction of sp³-hybridized carbons (Fsp3) is 0.235. The van der Waals surface area contributed by atoms with Gasteiger partial charge in [0.25, 0.3) is 5.91 Å². The fourth-order valence-electron chi connectivity index (χ4n) is 4.82. The van der Waals surface area contributed by atoms with Gasteiger partial charge in [-0.05, 0) is 72.4 Å². The monoisotopic (exact) mass is 521 g/mol. The lowest BCUT2D eigenvalue weighted by molar-refractivity contribution is -0.131. The van der Waals surface area contributed by atoms with E-state index in [1.165, 1.54) is 18.1 Å². The average Bonchev–Trinajstić information content (AvgIpc) is 2.97. The Morgan fingerprint density at radius 2 is 1.38 bits per heavy atom. The maximum absolute atomic E-state index is 13.7. The molecule has 4 aromatic rings. The van der Waals surface area contributed by atoms with Crippen molar-refractivity contribution in [1.29, 1.82) is 0 Å². The van der Waals surface area contributed by atoms with Crippen molar-refractivity contribution in [2.75, 3.05) is 20.2 Å². The number of esters is 1. The molecule has 0 saturated carbocycles. The first-order valence-corrected chi connectivity index (χ1v) is 13.3. The topological polar surface area (TPSA) is 55.8 Å². The standard InChI is InChI=1S/C34H35NO4/c1-26(36)39-32-17-9-11-27(25-32)12-10-23-35(34(37)30-18-20-31(38-2)21-19-30)24-22-33(28-13-5-3-6-14-28)29-15-7-4-8-16-29/h3-9,11,13-21,25,33H,10,12,22-24H2,1-2H3. The van der Waals surface area contributed by atoms with Crippen LogP contribution in [-0.4, -0.2) is 37.0 Å². The van der Waals surface area contributed by atoms with Crippen LogP contribution in [0.3, 0.4) is 0 Å². The van der Waals surface area contributed by atoms with Gasteiger partial charge in [-0.15, -0.1) is 0 Å². The zero-order valence-corrected chi connectivity index (χ0v) is 22.6. The van der Waals surface area contributed by atoms with Crippen LogP contribution in [0.25, 0.3) is 0 Å². The number of hydrogen-bond donors (Lipinski definition) is 0. The maximum Gasteiger partial charge on any atom is 0.308 e. The van der Waals surface area contributed by atoms with Gasteiger partial charge in [0.1, 0.15) is 11.5 Å². The number of methoxy groups -OCH3 is 1. The minimum absolute atomic E-state index is 0.00573. The smallest absolute Gasteiger partial charge is 0.308 e. The predicted molar refractivity (Wildman–Crippen MR) is 154 cm³/mol. The number of rotatable bonds is 12. The Kier molecular flexibility index (Phi) is 9.90. The maximum atomic E-state index is 13.7. The molecule has 0 aliphatic carbocycles. The Balaban J connectivity index is 1.51. The first-order chi connectivity index (χ1) is 19.0. The number of amides is 1. The molecule has 0 atom stereocenters. The van der Waals surface area contributed by atoms with E-state index in [2.05, 4.69) is 48.5 Å². The zero-order valence-electron chi connectivity index (χ0n) is 22.6. The van der Waals surface area contributed by atoms with Crippen molar-refractivity contribution in [3.63, 3.8) is 0 Å². The number of ether oxygens (including phenoxy) is 2. The Morgan fingerprint density at radius 1 is 0.744 bits per heavy atom. The molecular weight excluding hydrogens is 486 g/mol. The molecule has 39 heavy (non-hydrogen) atoms. The number of hydrogen-bond acceptors (Lipinski definition) is 4. The third-order valence-corrected chi connectivity index (χ3v) is 6.77. The summed E-state index contributed by atoms with van der Waals surface area (Å²) in [5.74, 6) is 1.11. The molecule has 0 N–H and O–H groups in total. The Morgan fingerprint density at radius 3 is 1.97 bits per heavy atom. The van der Waals surface area contributed by atoms with Gasteiger partial charge in [0, 0.05) is 31.5 Å². The van der Waals surface area contributed by atoms with Crippen LogP contribution in [0.5, 0.6) is 11.5 Å². The number of nitrogens with zero attached hydrogens (tertiary/aromatic N) is 1. The Hall–Kier alpha value is -4.38. The summed E-state index contributed by atoms with van der Waals surface area (Å²) in [6.45, 7) is 2.62. The molecule has 1 amide bonds. The quantitative estimate of drug-likeness (QED) is 0.150. The van der Waals surface area contributed by atoms with E-state index in [9.17, 15) is 9.59 Å². The summed E-state index contributed by atoms with van der Waals surface area (Å²) in [4.78, 5) is 27.0. The van der Waals surface area contributed by atoms with Crippen molar-refractivity contribution in [3.05, 3.63) is 131 Å². The van der Waals surface area contributed by atoms with Gasteiger partial charge in [-0.25, -0.2) is 0 Å². The third-order valence-electron chi connectivity index (χ3n) is 6.77. The largest absolute Gasteiger partial charge is 0.497 e. The van der Waals surface area contributed by atoms with Crippen molar-refractivity contribution in [1.82, 2.24) is 4.90 Å². The molecule has 4 rings (SSSR count). The van der Waals surface area contributed by atoms with Crippen molar-refractivity contribution in [3.8, 4) is 11.5 Å². The van der Waals surface area contributed by atoms with Gasteiger partial charge in [0.05, 0.1) is 7.11 Å². The number of aryl methyl sites for hydroxylation is 1. The molecule has 0 radical (unpaired) electrons. The molecule has 0 unspecified atom stereocenters. The first-order valence-electron chi connectivity index (χ1n) is 13.3. The molecule has 0 aliphatic rings. The molecule has 0 bridgehead atoms. The highest BCUT2D eigenvalue weighted by atomic mass is 16.5. The van der Waals surface area contributed by atoms with Crippen molar-refractivity contribution in [2.45, 2.75) is 32.1 Å². The molecule has 5 nitrogen and oxygen atoms in total. The SMILES string of the molecule is COc1ccc(C(=O)N(CCCc2cccc(OC(C)=O)c2)CCC(c2ccccc2)c2ccccc2)cc1. The second-order valence-electron chi connectivity index (χ2n) is 9.53. The summed E-state index contributed by atoms with van der Waals surface area (Å²) in [5, 5.41) is 0. The Bertz CT molecular complexity index is 1300. The van der Waals surface area contributed by atoms with Crippen LogP contribution in [0.15, 0.2) is 109 Å². The number of carbonyl (C=O) groups is 2. The van der Waals surface area contributed by atoms with Crippen LogP contribution < -0.4 is 9.47 Å². The lowest BCUT2D eigenvalue weighted by Gasteiger charge is -2.26. The predicted octanol–water partition coefficient (Wildman–Crippen LogP) is 6.92. The van der Waals surface area contributed by atoms with Gasteiger partial charge in [-0.3, -0.25) is 9.59 Å². The van der Waals surface area contributed by atoms with E-state index in [-0.39, 0.29) is 17.8 Å². The van der Waals surface area contributed by atoms with Gasteiger partial charge in [0.15, 0.2) is 0 Å². The molecule has 0 aromatic heterocycles. The molecule has 0 spiro atoms. The van der Waals surface area contributed by atoms with Crippen LogP contribution in [-0.2, 0) is 11.2 Å². The molecule has 200 valence electrons. The summed E-state index contributed by atoms with van der Waals surface area (Å²) >= 11 is 0. The van der Waals surface area contributed by atoms with Gasteiger partial charge >= 0.3 is 5.97 Å². The van der Waals surface area contributed by atoms with Gasteiger partial charge in [-0.1, -0.05) is 72.8 Å². The van der Waals surface area contributed by atoms with Crippen LogP contribution >= 0.6 is 0 Å². The summed E-state index contributed by atoms with van der Waals surface area (Å²) in [6, 6.07) is 35.8. The Labute approximate surface area is 231 Å². The van der Waals surface area contributed by atoms with Crippen molar-refractivity contribution < 1.29 is 19.1 Å².